The van der Waals surface area contributed by atoms with Gasteiger partial charge in [0.2, 0.25) is 15.9 Å². The number of amides is 1. The number of sulfonamides is 1. The molecule has 0 aliphatic rings. The highest BCUT2D eigenvalue weighted by molar-refractivity contribution is 7.89. The molecule has 2 aromatic carbocycles. The Morgan fingerprint density at radius 1 is 1.04 bits per heavy atom. The van der Waals surface area contributed by atoms with Crippen LogP contribution in [0.5, 0.6) is 5.75 Å². The highest BCUT2D eigenvalue weighted by Crippen LogP contribution is 2.20. The maximum Gasteiger partial charge on any atom is 0.242 e. The molecular weight excluding hydrogens is 340 g/mol. The second-order valence-electron chi connectivity index (χ2n) is 5.77. The lowest BCUT2D eigenvalue weighted by atomic mass is 10.1. The molecule has 0 spiro atoms. The second kappa shape index (κ2) is 7.67. The number of nitrogens with one attached hydrogen (secondary N) is 2. The summed E-state index contributed by atoms with van der Waals surface area (Å²) in [7, 11) is -2.31. The van der Waals surface area contributed by atoms with E-state index in [0.29, 0.717) is 11.4 Å². The van der Waals surface area contributed by atoms with Crippen LogP contribution < -0.4 is 14.8 Å². The maximum absolute atomic E-state index is 12.4. The largest absolute Gasteiger partial charge is 0.497 e. The van der Waals surface area contributed by atoms with Crippen molar-refractivity contribution in [3.63, 3.8) is 0 Å². The van der Waals surface area contributed by atoms with E-state index in [1.165, 1.54) is 26.2 Å². The first kappa shape index (κ1) is 19.0. The third-order valence-corrected chi connectivity index (χ3v) is 5.38. The van der Waals surface area contributed by atoms with Crippen LogP contribution in [-0.2, 0) is 14.8 Å². The average Bonchev–Trinajstić information content (AvgIpc) is 2.57. The Balaban J connectivity index is 2.11. The molecule has 0 aliphatic carbocycles. The van der Waals surface area contributed by atoms with Gasteiger partial charge in [-0.15, -0.1) is 0 Å². The Morgan fingerprint density at radius 2 is 1.60 bits per heavy atom. The number of aryl methyl sites for hydroxylation is 2. The number of methoxy groups -OCH3 is 1. The predicted molar refractivity (Wildman–Crippen MR) is 97.3 cm³/mol. The Kier molecular flexibility index (Phi) is 5.81. The maximum atomic E-state index is 12.4. The lowest BCUT2D eigenvalue weighted by molar-refractivity contribution is -0.117. The summed E-state index contributed by atoms with van der Waals surface area (Å²) in [5, 5.41) is 2.78. The van der Waals surface area contributed by atoms with Crippen molar-refractivity contribution in [3.8, 4) is 5.75 Å². The van der Waals surface area contributed by atoms with E-state index in [1.54, 1.807) is 12.1 Å². The van der Waals surface area contributed by atoms with Gasteiger partial charge in [0.25, 0.3) is 0 Å². The van der Waals surface area contributed by atoms with Crippen LogP contribution in [-0.4, -0.2) is 27.5 Å². The van der Waals surface area contributed by atoms with E-state index in [-0.39, 0.29) is 4.90 Å². The van der Waals surface area contributed by atoms with Gasteiger partial charge in [-0.3, -0.25) is 4.79 Å². The van der Waals surface area contributed by atoms with Crippen LogP contribution in [0.25, 0.3) is 0 Å². The first-order chi connectivity index (χ1) is 11.7. The third-order valence-electron chi connectivity index (χ3n) is 3.82. The lowest BCUT2D eigenvalue weighted by Gasteiger charge is -2.17. The van der Waals surface area contributed by atoms with E-state index >= 15 is 0 Å². The number of carbonyl (C=O) groups excluding carboxylic acids is 1. The molecule has 2 N–H and O–H groups in total. The zero-order valence-electron chi connectivity index (χ0n) is 14.7. The molecule has 0 saturated carbocycles. The summed E-state index contributed by atoms with van der Waals surface area (Å²) in [6, 6.07) is 10.7. The number of ether oxygens (including phenoxy) is 1. The molecule has 25 heavy (non-hydrogen) atoms. The fourth-order valence-electron chi connectivity index (χ4n) is 2.35. The molecule has 0 aliphatic heterocycles. The fourth-order valence-corrected chi connectivity index (χ4v) is 3.56. The summed E-state index contributed by atoms with van der Waals surface area (Å²) in [4.78, 5) is 12.4. The Bertz CT molecular complexity index is 841. The van der Waals surface area contributed by atoms with Crippen molar-refractivity contribution in [2.75, 3.05) is 12.4 Å². The van der Waals surface area contributed by atoms with Gasteiger partial charge < -0.3 is 10.1 Å². The van der Waals surface area contributed by atoms with E-state index in [9.17, 15) is 13.2 Å². The van der Waals surface area contributed by atoms with Crippen molar-refractivity contribution in [1.82, 2.24) is 4.72 Å². The molecule has 1 amide bonds. The Hall–Kier alpha value is -2.38. The molecule has 1 atom stereocenters. The molecule has 0 saturated heterocycles. The molecule has 2 aromatic rings. The zero-order chi connectivity index (χ0) is 18.6. The average molecular weight is 362 g/mol. The highest BCUT2D eigenvalue weighted by Gasteiger charge is 2.22. The molecule has 0 fully saturated rings. The minimum absolute atomic E-state index is 0.0695. The van der Waals surface area contributed by atoms with Gasteiger partial charge >= 0.3 is 0 Å². The van der Waals surface area contributed by atoms with E-state index in [0.717, 1.165) is 11.1 Å². The summed E-state index contributed by atoms with van der Waals surface area (Å²) < 4.78 is 32.2. The fraction of sp³-hybridized carbons (Fsp3) is 0.278. The lowest BCUT2D eigenvalue weighted by Crippen LogP contribution is -2.41. The van der Waals surface area contributed by atoms with E-state index in [1.807, 2.05) is 32.0 Å². The monoisotopic (exact) mass is 362 g/mol. The normalized spacial score (nSPS) is 12.5. The Labute approximate surface area is 148 Å². The molecular formula is C18H22N2O4S. The van der Waals surface area contributed by atoms with E-state index in [2.05, 4.69) is 10.0 Å². The van der Waals surface area contributed by atoms with Crippen LogP contribution in [0.4, 0.5) is 5.69 Å². The first-order valence-corrected chi connectivity index (χ1v) is 9.26. The molecule has 6 nitrogen and oxygen atoms in total. The molecule has 0 unspecified atom stereocenters. The van der Waals surface area contributed by atoms with Gasteiger partial charge in [0, 0.05) is 5.69 Å². The molecule has 0 bridgehead atoms. The number of para-hydroxylation sites is 1. The topological polar surface area (TPSA) is 84.5 Å². The SMILES string of the molecule is COc1ccc(S(=O)(=O)N[C@@H](C)C(=O)Nc2c(C)cccc2C)cc1. The van der Waals surface area contributed by atoms with Gasteiger partial charge in [-0.25, -0.2) is 8.42 Å². The Morgan fingerprint density at radius 3 is 2.12 bits per heavy atom. The molecule has 134 valence electrons. The number of carbonyl (C=O) groups is 1. The van der Waals surface area contributed by atoms with Crippen molar-refractivity contribution in [1.29, 1.82) is 0 Å². The zero-order valence-corrected chi connectivity index (χ0v) is 15.5. The van der Waals surface area contributed by atoms with Gasteiger partial charge in [-0.2, -0.15) is 4.72 Å². The van der Waals surface area contributed by atoms with Gasteiger partial charge in [-0.05, 0) is 56.2 Å². The number of hydrogen-bond acceptors (Lipinski definition) is 4. The molecule has 7 heteroatoms. The van der Waals surface area contributed by atoms with Crippen molar-refractivity contribution < 1.29 is 17.9 Å². The second-order valence-corrected chi connectivity index (χ2v) is 7.49. The van der Waals surface area contributed by atoms with Crippen LogP contribution >= 0.6 is 0 Å². The quantitative estimate of drug-likeness (QED) is 0.827. The first-order valence-electron chi connectivity index (χ1n) is 7.78. The van der Waals surface area contributed by atoms with E-state index in [4.69, 9.17) is 4.74 Å². The van der Waals surface area contributed by atoms with Crippen LogP contribution in [0.2, 0.25) is 0 Å². The standard InChI is InChI=1S/C18H22N2O4S/c1-12-6-5-7-13(2)17(12)19-18(21)14(3)20-25(22,23)16-10-8-15(24-4)9-11-16/h5-11,14,20H,1-4H3,(H,19,21)/t14-/m0/s1. The van der Waals surface area contributed by atoms with Gasteiger partial charge in [-0.1, -0.05) is 18.2 Å². The molecule has 2 rings (SSSR count). The van der Waals surface area contributed by atoms with Gasteiger partial charge in [0.15, 0.2) is 0 Å². The number of hydrogen-bond donors (Lipinski definition) is 2. The smallest absolute Gasteiger partial charge is 0.242 e. The van der Waals surface area contributed by atoms with Crippen LogP contribution in [0, 0.1) is 13.8 Å². The molecule has 0 aromatic heterocycles. The summed E-state index contributed by atoms with van der Waals surface area (Å²) in [5.41, 5.74) is 2.53. The van der Waals surface area contributed by atoms with Crippen molar-refractivity contribution in [2.45, 2.75) is 31.7 Å². The minimum Gasteiger partial charge on any atom is -0.497 e. The van der Waals surface area contributed by atoms with E-state index < -0.39 is 22.0 Å². The van der Waals surface area contributed by atoms with Crippen molar-refractivity contribution >= 4 is 21.6 Å². The molecule has 0 heterocycles. The number of anilines is 1. The van der Waals surface area contributed by atoms with Crippen LogP contribution in [0.1, 0.15) is 18.1 Å². The number of rotatable bonds is 6. The number of benzene rings is 2. The van der Waals surface area contributed by atoms with Crippen molar-refractivity contribution in [3.05, 3.63) is 53.6 Å². The molecule has 0 radical (unpaired) electrons. The summed E-state index contributed by atoms with van der Waals surface area (Å²) in [6.07, 6.45) is 0. The summed E-state index contributed by atoms with van der Waals surface area (Å²) in [5.74, 6) is 0.134. The predicted octanol–water partition coefficient (Wildman–Crippen LogP) is 2.62. The van der Waals surface area contributed by atoms with Crippen LogP contribution in [0.15, 0.2) is 47.4 Å². The van der Waals surface area contributed by atoms with Crippen LogP contribution in [0.3, 0.4) is 0 Å². The third kappa shape index (κ3) is 4.58. The van der Waals surface area contributed by atoms with Gasteiger partial charge in [0.05, 0.1) is 18.0 Å². The summed E-state index contributed by atoms with van der Waals surface area (Å²) >= 11 is 0. The van der Waals surface area contributed by atoms with Gasteiger partial charge in [0.1, 0.15) is 5.75 Å². The highest BCUT2D eigenvalue weighted by atomic mass is 32.2. The summed E-state index contributed by atoms with van der Waals surface area (Å²) in [6.45, 7) is 5.27. The minimum atomic E-state index is -3.81. The van der Waals surface area contributed by atoms with Crippen molar-refractivity contribution in [2.24, 2.45) is 0 Å².